The minimum absolute atomic E-state index is 0.0196. The van der Waals surface area contributed by atoms with Gasteiger partial charge in [-0.3, -0.25) is 9.78 Å². The number of carbonyl (C=O) groups is 1. The summed E-state index contributed by atoms with van der Waals surface area (Å²) in [5.74, 6) is 0.855. The first-order valence-corrected chi connectivity index (χ1v) is 11.1. The number of rotatable bonds is 11. The quantitative estimate of drug-likeness (QED) is 0.409. The van der Waals surface area contributed by atoms with Gasteiger partial charge in [-0.15, -0.1) is 0 Å². The van der Waals surface area contributed by atoms with Crippen LogP contribution in [0, 0.1) is 6.92 Å². The van der Waals surface area contributed by atoms with Crippen LogP contribution in [0.3, 0.4) is 0 Å². The van der Waals surface area contributed by atoms with Gasteiger partial charge in [0.1, 0.15) is 11.5 Å². The fourth-order valence-electron chi connectivity index (χ4n) is 3.55. The van der Waals surface area contributed by atoms with E-state index in [9.17, 15) is 4.79 Å². The second-order valence-corrected chi connectivity index (χ2v) is 7.97. The molecule has 0 amide bonds. The van der Waals surface area contributed by atoms with Crippen molar-refractivity contribution in [2.24, 2.45) is 0 Å². The molecule has 3 rings (SSSR count). The van der Waals surface area contributed by atoms with Gasteiger partial charge in [0.2, 0.25) is 0 Å². The minimum Gasteiger partial charge on any atom is -0.493 e. The van der Waals surface area contributed by atoms with Crippen LogP contribution in [-0.4, -0.2) is 28.8 Å². The van der Waals surface area contributed by atoms with Crippen molar-refractivity contribution >= 4 is 5.97 Å². The molecule has 0 saturated carbocycles. The topological polar surface area (TPSA) is 68.7 Å². The fourth-order valence-corrected chi connectivity index (χ4v) is 3.55. The highest BCUT2D eigenvalue weighted by molar-refractivity contribution is 5.70. The standard InChI is InChI=1S/C27H31NO4/c1-4-21-7-11-26(25(17-21)23-6-5-14-28-18-23)32-20(3)13-15-31-24-10-8-22(19(2)16-24)9-12-27(29)30/h5-8,10-11,14,16-18,20H,4,9,12-13,15H2,1-3H3,(H,29,30). The number of ether oxygens (including phenoxy) is 2. The second-order valence-electron chi connectivity index (χ2n) is 7.97. The van der Waals surface area contributed by atoms with Crippen molar-refractivity contribution in [1.29, 1.82) is 0 Å². The monoisotopic (exact) mass is 433 g/mol. The molecular formula is C27H31NO4. The number of hydrogen-bond acceptors (Lipinski definition) is 4. The van der Waals surface area contributed by atoms with Gasteiger partial charge in [-0.2, -0.15) is 0 Å². The highest BCUT2D eigenvalue weighted by Crippen LogP contribution is 2.32. The van der Waals surface area contributed by atoms with E-state index >= 15 is 0 Å². The summed E-state index contributed by atoms with van der Waals surface area (Å²) in [5, 5.41) is 8.86. The number of carboxylic acids is 1. The molecule has 168 valence electrons. The first-order chi connectivity index (χ1) is 15.5. The zero-order chi connectivity index (χ0) is 22.9. The smallest absolute Gasteiger partial charge is 0.303 e. The van der Waals surface area contributed by atoms with Crippen molar-refractivity contribution in [3.8, 4) is 22.6 Å². The van der Waals surface area contributed by atoms with E-state index in [-0.39, 0.29) is 12.5 Å². The van der Waals surface area contributed by atoms with Crippen LogP contribution in [0.25, 0.3) is 11.1 Å². The van der Waals surface area contributed by atoms with Crippen molar-refractivity contribution in [3.63, 3.8) is 0 Å². The molecule has 5 nitrogen and oxygen atoms in total. The average molecular weight is 434 g/mol. The Morgan fingerprint density at radius 2 is 2.00 bits per heavy atom. The van der Waals surface area contributed by atoms with Gasteiger partial charge in [0.05, 0.1) is 12.7 Å². The molecule has 5 heteroatoms. The zero-order valence-electron chi connectivity index (χ0n) is 19.0. The summed E-state index contributed by atoms with van der Waals surface area (Å²) >= 11 is 0. The number of nitrogens with zero attached hydrogens (tertiary/aromatic N) is 1. The van der Waals surface area contributed by atoms with E-state index in [1.54, 1.807) is 6.20 Å². The third-order valence-electron chi connectivity index (χ3n) is 5.47. The van der Waals surface area contributed by atoms with Gasteiger partial charge in [-0.05, 0) is 73.7 Å². The molecule has 0 aliphatic heterocycles. The maximum absolute atomic E-state index is 10.8. The van der Waals surface area contributed by atoms with Gasteiger partial charge in [0.15, 0.2) is 0 Å². The van der Waals surface area contributed by atoms with Crippen LogP contribution < -0.4 is 9.47 Å². The lowest BCUT2D eigenvalue weighted by molar-refractivity contribution is -0.136. The van der Waals surface area contributed by atoms with Gasteiger partial charge in [-0.25, -0.2) is 0 Å². The molecule has 2 aromatic carbocycles. The first-order valence-electron chi connectivity index (χ1n) is 11.1. The summed E-state index contributed by atoms with van der Waals surface area (Å²) in [7, 11) is 0. The Labute approximate surface area is 190 Å². The molecule has 0 aliphatic carbocycles. The van der Waals surface area contributed by atoms with Crippen molar-refractivity contribution < 1.29 is 19.4 Å². The number of aromatic nitrogens is 1. The summed E-state index contributed by atoms with van der Waals surface area (Å²) in [6.45, 7) is 6.70. The molecule has 1 atom stereocenters. The van der Waals surface area contributed by atoms with Crippen molar-refractivity contribution in [3.05, 3.63) is 77.6 Å². The lowest BCUT2D eigenvalue weighted by atomic mass is 10.0. The lowest BCUT2D eigenvalue weighted by Crippen LogP contribution is -2.16. The van der Waals surface area contributed by atoms with Crippen LogP contribution in [0.1, 0.15) is 43.4 Å². The maximum Gasteiger partial charge on any atom is 0.303 e. The molecular weight excluding hydrogens is 402 g/mol. The Morgan fingerprint density at radius 1 is 1.16 bits per heavy atom. The van der Waals surface area contributed by atoms with E-state index in [1.807, 2.05) is 56.4 Å². The minimum atomic E-state index is -0.783. The Hall–Kier alpha value is -3.34. The Bertz CT molecular complexity index is 1030. The molecule has 1 aromatic heterocycles. The molecule has 32 heavy (non-hydrogen) atoms. The average Bonchev–Trinajstić information content (AvgIpc) is 2.79. The van der Waals surface area contributed by atoms with Crippen molar-refractivity contribution in [2.75, 3.05) is 6.61 Å². The van der Waals surface area contributed by atoms with Crippen LogP contribution in [0.4, 0.5) is 0 Å². The molecule has 1 unspecified atom stereocenters. The number of hydrogen-bond donors (Lipinski definition) is 1. The highest BCUT2D eigenvalue weighted by Gasteiger charge is 2.12. The van der Waals surface area contributed by atoms with Gasteiger partial charge >= 0.3 is 5.97 Å². The van der Waals surface area contributed by atoms with Crippen LogP contribution in [0.5, 0.6) is 11.5 Å². The summed E-state index contributed by atoms with van der Waals surface area (Å²) in [4.78, 5) is 15.0. The van der Waals surface area contributed by atoms with Crippen LogP contribution in [0.2, 0.25) is 0 Å². The summed E-state index contributed by atoms with van der Waals surface area (Å²) in [6.07, 6.45) is 5.98. The van der Waals surface area contributed by atoms with Gasteiger partial charge in [0, 0.05) is 36.4 Å². The molecule has 0 aliphatic rings. The Balaban J connectivity index is 1.58. The van der Waals surface area contributed by atoms with E-state index in [0.29, 0.717) is 13.0 Å². The molecule has 0 spiro atoms. The number of aliphatic carboxylic acids is 1. The van der Waals surface area contributed by atoms with E-state index in [2.05, 4.69) is 24.0 Å². The molecule has 0 fully saturated rings. The number of pyridine rings is 1. The zero-order valence-corrected chi connectivity index (χ0v) is 19.0. The summed E-state index contributed by atoms with van der Waals surface area (Å²) in [6, 6.07) is 16.1. The normalized spacial score (nSPS) is 11.7. The first kappa shape index (κ1) is 23.3. The predicted octanol–water partition coefficient (Wildman–Crippen LogP) is 5.87. The number of aryl methyl sites for hydroxylation is 3. The van der Waals surface area contributed by atoms with E-state index in [1.165, 1.54) is 5.56 Å². The Kier molecular flexibility index (Phi) is 8.26. The molecule has 0 radical (unpaired) electrons. The van der Waals surface area contributed by atoms with Crippen LogP contribution in [-0.2, 0) is 17.6 Å². The van der Waals surface area contributed by atoms with Gasteiger partial charge in [0.25, 0.3) is 0 Å². The number of benzene rings is 2. The fraction of sp³-hybridized carbons (Fsp3) is 0.333. The van der Waals surface area contributed by atoms with Crippen molar-refractivity contribution in [2.45, 2.75) is 52.6 Å². The van der Waals surface area contributed by atoms with E-state index in [0.717, 1.165) is 46.6 Å². The third-order valence-corrected chi connectivity index (χ3v) is 5.47. The third kappa shape index (κ3) is 6.58. The second kappa shape index (κ2) is 11.3. The predicted molar refractivity (Wildman–Crippen MR) is 126 cm³/mol. The van der Waals surface area contributed by atoms with Gasteiger partial charge < -0.3 is 14.6 Å². The van der Waals surface area contributed by atoms with E-state index < -0.39 is 5.97 Å². The molecule has 1 heterocycles. The largest absolute Gasteiger partial charge is 0.493 e. The highest BCUT2D eigenvalue weighted by atomic mass is 16.5. The molecule has 1 N–H and O–H groups in total. The maximum atomic E-state index is 10.8. The molecule has 3 aromatic rings. The number of carboxylic acid groups (broad SMARTS) is 1. The summed E-state index contributed by atoms with van der Waals surface area (Å²) < 4.78 is 12.2. The van der Waals surface area contributed by atoms with E-state index in [4.69, 9.17) is 14.6 Å². The Morgan fingerprint density at radius 3 is 2.69 bits per heavy atom. The molecule has 0 saturated heterocycles. The van der Waals surface area contributed by atoms with Crippen LogP contribution in [0.15, 0.2) is 60.9 Å². The summed E-state index contributed by atoms with van der Waals surface area (Å²) in [5.41, 5.74) is 5.44. The SMILES string of the molecule is CCc1ccc(OC(C)CCOc2ccc(CCC(=O)O)c(C)c2)c(-c2cccnc2)c1. The van der Waals surface area contributed by atoms with Gasteiger partial charge in [-0.1, -0.05) is 25.1 Å². The molecule has 0 bridgehead atoms. The van der Waals surface area contributed by atoms with Crippen molar-refractivity contribution in [1.82, 2.24) is 4.98 Å². The van der Waals surface area contributed by atoms with Crippen LogP contribution >= 0.6 is 0 Å². The lowest BCUT2D eigenvalue weighted by Gasteiger charge is -2.19.